The summed E-state index contributed by atoms with van der Waals surface area (Å²) in [7, 11) is 0. The highest BCUT2D eigenvalue weighted by molar-refractivity contribution is 6.25. The predicted octanol–water partition coefficient (Wildman–Crippen LogP) is 3.36. The maximum absolute atomic E-state index is 15.2. The van der Waals surface area contributed by atoms with Crippen molar-refractivity contribution < 1.29 is 42.6 Å². The first kappa shape index (κ1) is 40.7. The molecule has 18 heteroatoms. The lowest BCUT2D eigenvalue weighted by atomic mass is 10.0. The van der Waals surface area contributed by atoms with Crippen molar-refractivity contribution in [2.45, 2.75) is 25.3 Å². The number of halogens is 1. The van der Waals surface area contributed by atoms with Crippen molar-refractivity contribution in [3.8, 4) is 11.3 Å². The topological polar surface area (TPSA) is 208 Å². The lowest BCUT2D eigenvalue weighted by molar-refractivity contribution is -0.136. The van der Waals surface area contributed by atoms with Crippen LogP contribution in [0.1, 0.15) is 55.2 Å². The molecule has 5 heterocycles. The van der Waals surface area contributed by atoms with Gasteiger partial charge < -0.3 is 24.8 Å². The highest BCUT2D eigenvalue weighted by Gasteiger charge is 2.45. The van der Waals surface area contributed by atoms with Crippen LogP contribution in [0.2, 0.25) is 0 Å². The molecular formula is C43H40FN9O8. The summed E-state index contributed by atoms with van der Waals surface area (Å²) in [5.74, 6) is -3.12. The van der Waals surface area contributed by atoms with E-state index in [1.807, 2.05) is 24.3 Å². The maximum atomic E-state index is 15.2. The van der Waals surface area contributed by atoms with Gasteiger partial charge in [-0.2, -0.15) is 5.10 Å². The fraction of sp³-hybridized carbons (Fsp3) is 0.279. The number of rotatable bonds is 18. The largest absolute Gasteiger partial charge is 0.382 e. The molecule has 0 spiro atoms. The van der Waals surface area contributed by atoms with Crippen molar-refractivity contribution in [2.75, 3.05) is 58.0 Å². The number of imidazole rings is 1. The Morgan fingerprint density at radius 3 is 2.43 bits per heavy atom. The molecule has 2 aliphatic heterocycles. The van der Waals surface area contributed by atoms with Gasteiger partial charge in [0.2, 0.25) is 11.8 Å². The number of hydrogen-bond donors (Lipinski definition) is 3. The minimum atomic E-state index is -1.04. The van der Waals surface area contributed by atoms with E-state index in [0.29, 0.717) is 48.9 Å². The summed E-state index contributed by atoms with van der Waals surface area (Å²) in [6, 6.07) is 18.0. The summed E-state index contributed by atoms with van der Waals surface area (Å²) in [4.78, 5) is 76.9. The van der Waals surface area contributed by atoms with E-state index in [1.54, 1.807) is 35.1 Å². The molecule has 61 heavy (non-hydrogen) atoms. The third kappa shape index (κ3) is 9.10. The summed E-state index contributed by atoms with van der Waals surface area (Å²) in [6.45, 7) is 2.14. The summed E-state index contributed by atoms with van der Waals surface area (Å²) in [6.07, 6.45) is 5.67. The molecule has 1 atom stereocenters. The van der Waals surface area contributed by atoms with Crippen LogP contribution >= 0.6 is 0 Å². The Hall–Kier alpha value is -7.02. The number of anilines is 1. The Morgan fingerprint density at radius 2 is 1.62 bits per heavy atom. The van der Waals surface area contributed by atoms with Crippen LogP contribution in [0.4, 0.5) is 10.1 Å². The number of nitrogens with zero attached hydrogens (tertiary/aromatic N) is 6. The molecule has 0 aliphatic carbocycles. The third-order valence-corrected chi connectivity index (χ3v) is 10.2. The zero-order chi connectivity index (χ0) is 42.3. The van der Waals surface area contributed by atoms with Gasteiger partial charge in [0.1, 0.15) is 17.6 Å². The molecule has 8 rings (SSSR count). The molecule has 1 unspecified atom stereocenters. The molecular weight excluding hydrogens is 790 g/mol. The van der Waals surface area contributed by atoms with E-state index < -0.39 is 41.4 Å². The monoisotopic (exact) mass is 829 g/mol. The van der Waals surface area contributed by atoms with Crippen molar-refractivity contribution >= 4 is 51.9 Å². The molecule has 1 fully saturated rings. The molecule has 0 radical (unpaired) electrons. The second-order valence-corrected chi connectivity index (χ2v) is 14.2. The number of hydrogen-bond acceptors (Lipinski definition) is 13. The number of ether oxygens (including phenoxy) is 3. The number of amides is 5. The fourth-order valence-corrected chi connectivity index (χ4v) is 7.17. The zero-order valence-electron chi connectivity index (χ0n) is 32.8. The van der Waals surface area contributed by atoms with Gasteiger partial charge >= 0.3 is 0 Å². The van der Waals surface area contributed by atoms with E-state index in [9.17, 15) is 24.0 Å². The molecule has 5 amide bonds. The van der Waals surface area contributed by atoms with Gasteiger partial charge in [-0.25, -0.2) is 18.9 Å². The fourth-order valence-electron chi connectivity index (χ4n) is 7.17. The van der Waals surface area contributed by atoms with Crippen molar-refractivity contribution in [1.29, 1.82) is 0 Å². The molecule has 1 saturated heterocycles. The Balaban J connectivity index is 0.709. The van der Waals surface area contributed by atoms with Crippen LogP contribution in [0.25, 0.3) is 27.9 Å². The standard InChI is InChI=1S/C43H40FN9O8/c44-32-23-28(35-25-49-43-48-24-29(53(43)51-35)22-26-6-9-33-27(21-26)3-2-12-45-33)7-8-30(32)39(55)47-14-16-60-18-20-61-19-17-59-15-13-46-34-5-1-4-31-38(34)42(58)52(41(31)57)36-10-11-37(54)50-40(36)56/h1-9,12,21,23-25,36,46H,10-11,13-20,22H2,(H,47,55)(H,50,54,56). The first-order valence-electron chi connectivity index (χ1n) is 19.7. The lowest BCUT2D eigenvalue weighted by Gasteiger charge is -2.27. The van der Waals surface area contributed by atoms with Gasteiger partial charge in [0, 0.05) is 48.8 Å². The number of carbonyl (C=O) groups is 5. The molecule has 0 saturated carbocycles. The van der Waals surface area contributed by atoms with Crippen LogP contribution < -0.4 is 16.0 Å². The third-order valence-electron chi connectivity index (χ3n) is 10.2. The van der Waals surface area contributed by atoms with Crippen LogP contribution in [-0.4, -0.2) is 118 Å². The van der Waals surface area contributed by atoms with Crippen LogP contribution in [0.5, 0.6) is 0 Å². The van der Waals surface area contributed by atoms with Gasteiger partial charge in [-0.1, -0.05) is 24.3 Å². The highest BCUT2D eigenvalue weighted by atomic mass is 19.1. The lowest BCUT2D eigenvalue weighted by Crippen LogP contribution is -2.54. The van der Waals surface area contributed by atoms with Gasteiger partial charge in [0.15, 0.2) is 0 Å². The second-order valence-electron chi connectivity index (χ2n) is 14.2. The minimum absolute atomic E-state index is 0.0447. The quantitative estimate of drug-likeness (QED) is 0.0840. The van der Waals surface area contributed by atoms with Crippen LogP contribution in [0, 0.1) is 5.82 Å². The number of benzene rings is 3. The minimum Gasteiger partial charge on any atom is -0.382 e. The average molecular weight is 830 g/mol. The van der Waals surface area contributed by atoms with Gasteiger partial charge in [-0.15, -0.1) is 0 Å². The molecule has 6 aromatic rings. The summed E-state index contributed by atoms with van der Waals surface area (Å²) >= 11 is 0. The zero-order valence-corrected chi connectivity index (χ0v) is 32.8. The Labute approximate surface area is 347 Å². The number of imide groups is 2. The number of aromatic nitrogens is 5. The molecule has 0 bridgehead atoms. The van der Waals surface area contributed by atoms with E-state index in [-0.39, 0.29) is 62.5 Å². The van der Waals surface area contributed by atoms with E-state index in [2.05, 4.69) is 42.1 Å². The van der Waals surface area contributed by atoms with Crippen LogP contribution in [-0.2, 0) is 30.2 Å². The molecule has 17 nitrogen and oxygen atoms in total. The predicted molar refractivity (Wildman–Crippen MR) is 217 cm³/mol. The smallest absolute Gasteiger partial charge is 0.264 e. The summed E-state index contributed by atoms with van der Waals surface area (Å²) < 4.78 is 33.5. The number of fused-ring (bicyclic) bond motifs is 3. The SMILES string of the molecule is O=C1CCC(N2C(=O)c3cccc(NCCOCCOCCOCCNC(=O)c4ccc(-c5cnc6ncc(Cc7ccc8ncccc8c7)n6n5)cc4F)c3C2=O)C(=O)N1. The van der Waals surface area contributed by atoms with Crippen molar-refractivity contribution in [2.24, 2.45) is 0 Å². The van der Waals surface area contributed by atoms with Gasteiger partial charge in [0.25, 0.3) is 23.5 Å². The average Bonchev–Trinajstić information content (AvgIpc) is 3.78. The Bertz CT molecular complexity index is 2650. The maximum Gasteiger partial charge on any atom is 0.264 e. The van der Waals surface area contributed by atoms with Crippen molar-refractivity contribution in [3.05, 3.63) is 119 Å². The number of carbonyl (C=O) groups excluding carboxylic acids is 5. The van der Waals surface area contributed by atoms with E-state index >= 15 is 4.39 Å². The number of nitrogens with one attached hydrogen (secondary N) is 3. The van der Waals surface area contributed by atoms with Crippen molar-refractivity contribution in [1.82, 2.24) is 40.1 Å². The molecule has 312 valence electrons. The normalized spacial score (nSPS) is 15.1. The van der Waals surface area contributed by atoms with Gasteiger partial charge in [-0.05, 0) is 54.4 Å². The van der Waals surface area contributed by atoms with Crippen molar-refractivity contribution in [3.63, 3.8) is 0 Å². The number of pyridine rings is 1. The van der Waals surface area contributed by atoms with Crippen LogP contribution in [0.15, 0.2) is 85.3 Å². The first-order chi connectivity index (χ1) is 29.7. The molecule has 2 aliphatic rings. The summed E-state index contributed by atoms with van der Waals surface area (Å²) in [5.41, 5.74) is 4.35. The molecule has 3 N–H and O–H groups in total. The Morgan fingerprint density at radius 1 is 0.836 bits per heavy atom. The summed E-state index contributed by atoms with van der Waals surface area (Å²) in [5, 5.41) is 13.7. The second kappa shape index (κ2) is 18.5. The Kier molecular flexibility index (Phi) is 12.4. The number of piperidine rings is 1. The van der Waals surface area contributed by atoms with Gasteiger partial charge in [-0.3, -0.25) is 39.2 Å². The highest BCUT2D eigenvalue weighted by Crippen LogP contribution is 2.32. The molecule has 3 aromatic carbocycles. The van der Waals surface area contributed by atoms with Gasteiger partial charge in [0.05, 0.1) is 79.9 Å². The first-order valence-corrected chi connectivity index (χ1v) is 19.7. The van der Waals surface area contributed by atoms with E-state index in [1.165, 1.54) is 24.4 Å². The van der Waals surface area contributed by atoms with E-state index in [0.717, 1.165) is 27.1 Å². The molecule has 3 aromatic heterocycles. The van der Waals surface area contributed by atoms with E-state index in [4.69, 9.17) is 14.2 Å². The van der Waals surface area contributed by atoms with Crippen LogP contribution in [0.3, 0.4) is 0 Å².